The van der Waals surface area contributed by atoms with E-state index in [1.54, 1.807) is 13.8 Å². The van der Waals surface area contributed by atoms with E-state index < -0.39 is 10.0 Å². The normalized spacial score (nSPS) is 12.3. The van der Waals surface area contributed by atoms with Gasteiger partial charge in [-0.25, -0.2) is 13.4 Å². The summed E-state index contributed by atoms with van der Waals surface area (Å²) < 4.78 is 25.8. The molecule has 8 heteroatoms. The van der Waals surface area contributed by atoms with Gasteiger partial charge in [0, 0.05) is 13.1 Å². The molecule has 1 aromatic rings. The second-order valence-corrected chi connectivity index (χ2v) is 6.77. The standard InChI is InChI=1S/C8H13ClN2O3S2/c1-3-11(4-5-12)16(13,14)7-6(2)10-8(9)15-7/h12H,3-5H2,1-2H3. The number of rotatable bonds is 5. The summed E-state index contributed by atoms with van der Waals surface area (Å²) in [5.74, 6) is 0. The van der Waals surface area contributed by atoms with Crippen molar-refractivity contribution in [1.29, 1.82) is 0 Å². The summed E-state index contributed by atoms with van der Waals surface area (Å²) >= 11 is 6.61. The van der Waals surface area contributed by atoms with Crippen molar-refractivity contribution in [3.63, 3.8) is 0 Å². The molecule has 1 rings (SSSR count). The van der Waals surface area contributed by atoms with Crippen molar-refractivity contribution >= 4 is 33.0 Å². The average molecular weight is 285 g/mol. The second-order valence-electron chi connectivity index (χ2n) is 3.06. The molecule has 0 amide bonds. The van der Waals surface area contributed by atoms with Crippen molar-refractivity contribution in [3.05, 3.63) is 10.2 Å². The molecule has 0 unspecified atom stereocenters. The molecule has 0 aliphatic carbocycles. The molecule has 0 aromatic carbocycles. The summed E-state index contributed by atoms with van der Waals surface area (Å²) in [6.45, 7) is 3.48. The minimum absolute atomic E-state index is 0.0772. The lowest BCUT2D eigenvalue weighted by molar-refractivity contribution is 0.257. The molecule has 92 valence electrons. The van der Waals surface area contributed by atoms with Gasteiger partial charge in [0.25, 0.3) is 10.0 Å². The van der Waals surface area contributed by atoms with Gasteiger partial charge < -0.3 is 5.11 Å². The molecule has 0 saturated carbocycles. The lowest BCUT2D eigenvalue weighted by atomic mass is 10.6. The Hall–Kier alpha value is -0.210. The molecule has 1 heterocycles. The topological polar surface area (TPSA) is 70.5 Å². The maximum Gasteiger partial charge on any atom is 0.254 e. The molecule has 0 aliphatic rings. The van der Waals surface area contributed by atoms with Crippen LogP contribution in [-0.2, 0) is 10.0 Å². The molecule has 0 spiro atoms. The fourth-order valence-electron chi connectivity index (χ4n) is 1.27. The summed E-state index contributed by atoms with van der Waals surface area (Å²) in [6, 6.07) is 0. The third-order valence-corrected chi connectivity index (χ3v) is 5.83. The van der Waals surface area contributed by atoms with Crippen LogP contribution in [0.15, 0.2) is 4.21 Å². The van der Waals surface area contributed by atoms with E-state index in [0.717, 1.165) is 11.3 Å². The molecular formula is C8H13ClN2O3S2. The average Bonchev–Trinajstić information content (AvgIpc) is 2.54. The summed E-state index contributed by atoms with van der Waals surface area (Å²) in [6.07, 6.45) is 0. The van der Waals surface area contributed by atoms with Crippen LogP contribution in [0, 0.1) is 6.92 Å². The number of likely N-dealkylation sites (N-methyl/N-ethyl adjacent to an activating group) is 1. The Morgan fingerprint density at radius 3 is 2.56 bits per heavy atom. The molecule has 0 fully saturated rings. The third-order valence-electron chi connectivity index (χ3n) is 2.00. The summed E-state index contributed by atoms with van der Waals surface area (Å²) in [5.41, 5.74) is 0.395. The van der Waals surface area contributed by atoms with Crippen LogP contribution in [-0.4, -0.2) is 42.5 Å². The number of aromatic nitrogens is 1. The third kappa shape index (κ3) is 2.72. The fraction of sp³-hybridized carbons (Fsp3) is 0.625. The van der Waals surface area contributed by atoms with Crippen molar-refractivity contribution in [2.24, 2.45) is 0 Å². The Balaban J connectivity index is 3.14. The number of hydrogen-bond donors (Lipinski definition) is 1. The fourth-order valence-corrected chi connectivity index (χ4v) is 4.58. The van der Waals surface area contributed by atoms with Crippen LogP contribution in [0.1, 0.15) is 12.6 Å². The smallest absolute Gasteiger partial charge is 0.254 e. The van der Waals surface area contributed by atoms with E-state index in [0.29, 0.717) is 12.2 Å². The first-order valence-electron chi connectivity index (χ1n) is 4.67. The van der Waals surface area contributed by atoms with Crippen LogP contribution in [0.25, 0.3) is 0 Å². The number of sulfonamides is 1. The number of aliphatic hydroxyl groups is 1. The van der Waals surface area contributed by atoms with Gasteiger partial charge in [0.15, 0.2) is 8.68 Å². The van der Waals surface area contributed by atoms with E-state index in [2.05, 4.69) is 4.98 Å². The summed E-state index contributed by atoms with van der Waals surface area (Å²) in [7, 11) is -3.58. The first-order chi connectivity index (χ1) is 7.43. The van der Waals surface area contributed by atoms with Gasteiger partial charge in [0.1, 0.15) is 0 Å². The van der Waals surface area contributed by atoms with Crippen LogP contribution in [0.4, 0.5) is 0 Å². The molecule has 0 atom stereocenters. The first-order valence-corrected chi connectivity index (χ1v) is 7.30. The maximum atomic E-state index is 12.1. The highest BCUT2D eigenvalue weighted by atomic mass is 35.5. The molecule has 0 saturated heterocycles. The number of aryl methyl sites for hydroxylation is 1. The number of halogens is 1. The number of thiazole rings is 1. The van der Waals surface area contributed by atoms with Crippen LogP contribution >= 0.6 is 22.9 Å². The largest absolute Gasteiger partial charge is 0.395 e. The lowest BCUT2D eigenvalue weighted by Gasteiger charge is -2.18. The second kappa shape index (κ2) is 5.42. The van der Waals surface area contributed by atoms with Crippen molar-refractivity contribution in [2.75, 3.05) is 19.7 Å². The maximum absolute atomic E-state index is 12.1. The number of aliphatic hydroxyl groups excluding tert-OH is 1. The lowest BCUT2D eigenvalue weighted by Crippen LogP contribution is -2.33. The molecule has 0 radical (unpaired) electrons. The van der Waals surface area contributed by atoms with Gasteiger partial charge in [-0.15, -0.1) is 0 Å². The predicted molar refractivity (Wildman–Crippen MR) is 63.4 cm³/mol. The van der Waals surface area contributed by atoms with Gasteiger partial charge in [0.05, 0.1) is 12.3 Å². The van der Waals surface area contributed by atoms with Gasteiger partial charge >= 0.3 is 0 Å². The Bertz CT molecular complexity index is 458. The SMILES string of the molecule is CCN(CCO)S(=O)(=O)c1sc(Cl)nc1C. The zero-order chi connectivity index (χ0) is 12.3. The van der Waals surface area contributed by atoms with Gasteiger partial charge in [-0.05, 0) is 6.92 Å². The van der Waals surface area contributed by atoms with E-state index in [9.17, 15) is 8.42 Å². The summed E-state index contributed by atoms with van der Waals surface area (Å²) in [5, 5.41) is 8.81. The zero-order valence-electron chi connectivity index (χ0n) is 8.97. The molecule has 5 nitrogen and oxygen atoms in total. The van der Waals surface area contributed by atoms with Crippen LogP contribution < -0.4 is 0 Å². The van der Waals surface area contributed by atoms with Crippen LogP contribution in [0.3, 0.4) is 0 Å². The highest BCUT2D eigenvalue weighted by molar-refractivity contribution is 7.91. The van der Waals surface area contributed by atoms with Crippen LogP contribution in [0.2, 0.25) is 4.47 Å². The molecule has 0 bridgehead atoms. The van der Waals surface area contributed by atoms with E-state index in [4.69, 9.17) is 16.7 Å². The van der Waals surface area contributed by atoms with Crippen molar-refractivity contribution in [3.8, 4) is 0 Å². The molecule has 1 aromatic heterocycles. The van der Waals surface area contributed by atoms with Crippen molar-refractivity contribution in [1.82, 2.24) is 9.29 Å². The summed E-state index contributed by atoms with van der Waals surface area (Å²) in [4.78, 5) is 3.87. The quantitative estimate of drug-likeness (QED) is 0.879. The zero-order valence-corrected chi connectivity index (χ0v) is 11.4. The van der Waals surface area contributed by atoms with Gasteiger partial charge in [-0.2, -0.15) is 4.31 Å². The monoisotopic (exact) mass is 284 g/mol. The highest BCUT2D eigenvalue weighted by Gasteiger charge is 2.27. The van der Waals surface area contributed by atoms with Gasteiger partial charge in [0.2, 0.25) is 0 Å². The van der Waals surface area contributed by atoms with Crippen LogP contribution in [0.5, 0.6) is 0 Å². The molecular weight excluding hydrogens is 272 g/mol. The highest BCUT2D eigenvalue weighted by Crippen LogP contribution is 2.29. The minimum atomic E-state index is -3.58. The first kappa shape index (κ1) is 13.9. The van der Waals surface area contributed by atoms with Crippen molar-refractivity contribution in [2.45, 2.75) is 18.1 Å². The molecule has 16 heavy (non-hydrogen) atoms. The van der Waals surface area contributed by atoms with E-state index in [1.165, 1.54) is 4.31 Å². The molecule has 0 aliphatic heterocycles. The predicted octanol–water partition coefficient (Wildman–Crippen LogP) is 1.11. The Morgan fingerprint density at radius 2 is 2.19 bits per heavy atom. The minimum Gasteiger partial charge on any atom is -0.395 e. The Morgan fingerprint density at radius 1 is 1.56 bits per heavy atom. The Kier molecular flexibility index (Phi) is 4.69. The van der Waals surface area contributed by atoms with Crippen molar-refractivity contribution < 1.29 is 13.5 Å². The number of nitrogens with zero attached hydrogens (tertiary/aromatic N) is 2. The van der Waals surface area contributed by atoms with E-state index in [-0.39, 0.29) is 21.8 Å². The molecule has 1 N–H and O–H groups in total. The van der Waals surface area contributed by atoms with E-state index >= 15 is 0 Å². The van der Waals surface area contributed by atoms with E-state index in [1.807, 2.05) is 0 Å². The van der Waals surface area contributed by atoms with Gasteiger partial charge in [-0.3, -0.25) is 0 Å². The Labute approximate surface area is 104 Å². The number of hydrogen-bond acceptors (Lipinski definition) is 5. The van der Waals surface area contributed by atoms with Gasteiger partial charge in [-0.1, -0.05) is 29.9 Å².